The lowest BCUT2D eigenvalue weighted by Gasteiger charge is -2.25. The van der Waals surface area contributed by atoms with Crippen molar-refractivity contribution in [1.82, 2.24) is 0 Å². The number of methoxy groups -OCH3 is 3. The van der Waals surface area contributed by atoms with Gasteiger partial charge in [0.25, 0.3) is 0 Å². The molecule has 0 saturated heterocycles. The molecule has 2 aromatic carbocycles. The molecular weight excluding hydrogens is 340 g/mol. The number of nitrogens with two attached hydrogens (primary N) is 1. The average Bonchev–Trinajstić information content (AvgIpc) is 2.63. The number of anilines is 2. The average molecular weight is 365 g/mol. The summed E-state index contributed by atoms with van der Waals surface area (Å²) in [6.07, 6.45) is 0. The van der Waals surface area contributed by atoms with Gasteiger partial charge in [-0.05, 0) is 35.9 Å². The Morgan fingerprint density at radius 2 is 1.64 bits per heavy atom. The van der Waals surface area contributed by atoms with Gasteiger partial charge in [0.2, 0.25) is 0 Å². The van der Waals surface area contributed by atoms with Gasteiger partial charge in [-0.3, -0.25) is 0 Å². The lowest BCUT2D eigenvalue weighted by atomic mass is 10.0. The van der Waals surface area contributed by atoms with Gasteiger partial charge in [0.15, 0.2) is 0 Å². The van der Waals surface area contributed by atoms with Crippen LogP contribution in [0.2, 0.25) is 5.02 Å². The minimum atomic E-state index is 0.572. The van der Waals surface area contributed by atoms with E-state index >= 15 is 0 Å². The van der Waals surface area contributed by atoms with E-state index in [1.54, 1.807) is 21.3 Å². The molecule has 0 aliphatic heterocycles. The Bertz CT molecular complexity index is 686. The van der Waals surface area contributed by atoms with Gasteiger partial charge >= 0.3 is 0 Å². The van der Waals surface area contributed by atoms with Crippen LogP contribution >= 0.6 is 11.6 Å². The maximum Gasteiger partial charge on any atom is 0.138 e. The van der Waals surface area contributed by atoms with Crippen molar-refractivity contribution in [3.63, 3.8) is 0 Å². The summed E-state index contributed by atoms with van der Waals surface area (Å²) in [7, 11) is 4.99. The molecule has 2 N–H and O–H groups in total. The number of rotatable bonds is 9. The van der Waals surface area contributed by atoms with Gasteiger partial charge in [0, 0.05) is 44.2 Å². The maximum atomic E-state index is 6.21. The molecule has 0 aliphatic rings. The van der Waals surface area contributed by atoms with Crippen molar-refractivity contribution in [3.8, 4) is 16.9 Å². The van der Waals surface area contributed by atoms with Crippen molar-refractivity contribution in [3.05, 3.63) is 41.4 Å². The Balaban J connectivity index is 2.37. The Labute approximate surface area is 154 Å². The normalized spacial score (nSPS) is 10.7. The van der Waals surface area contributed by atoms with Crippen molar-refractivity contribution in [1.29, 1.82) is 0 Å². The van der Waals surface area contributed by atoms with Gasteiger partial charge in [0.1, 0.15) is 5.75 Å². The number of halogens is 1. The minimum absolute atomic E-state index is 0.572. The highest BCUT2D eigenvalue weighted by atomic mass is 35.5. The van der Waals surface area contributed by atoms with E-state index in [1.807, 2.05) is 30.3 Å². The third-order valence-electron chi connectivity index (χ3n) is 3.99. The van der Waals surface area contributed by atoms with Crippen LogP contribution in [0, 0.1) is 0 Å². The molecule has 0 bridgehead atoms. The van der Waals surface area contributed by atoms with Crippen LogP contribution in [0.5, 0.6) is 5.75 Å². The molecule has 5 nitrogen and oxygen atoms in total. The van der Waals surface area contributed by atoms with Gasteiger partial charge in [-0.25, -0.2) is 0 Å². The lowest BCUT2D eigenvalue weighted by Crippen LogP contribution is -2.30. The molecule has 0 atom stereocenters. The van der Waals surface area contributed by atoms with E-state index < -0.39 is 0 Å². The second kappa shape index (κ2) is 9.51. The standard InChI is InChI=1S/C19H25ClN2O3/c1-23-10-8-22(9-11-24-2)15-5-7-18(21)16(13-15)14-4-6-17(20)19(12-14)25-3/h4-7,12-13H,8-11,21H2,1-3H3. The predicted octanol–water partition coefficient (Wildman–Crippen LogP) is 3.70. The Morgan fingerprint density at radius 1 is 0.960 bits per heavy atom. The van der Waals surface area contributed by atoms with E-state index in [-0.39, 0.29) is 0 Å². The zero-order valence-electron chi connectivity index (χ0n) is 14.9. The first-order valence-electron chi connectivity index (χ1n) is 8.07. The Hall–Kier alpha value is -1.95. The number of hydrogen-bond acceptors (Lipinski definition) is 5. The second-order valence-electron chi connectivity index (χ2n) is 5.59. The lowest BCUT2D eigenvalue weighted by molar-refractivity contribution is 0.190. The summed E-state index contributed by atoms with van der Waals surface area (Å²) in [5.74, 6) is 0.625. The van der Waals surface area contributed by atoms with Crippen LogP contribution in [0.4, 0.5) is 11.4 Å². The topological polar surface area (TPSA) is 57.0 Å². The van der Waals surface area contributed by atoms with Gasteiger partial charge in [-0.15, -0.1) is 0 Å². The van der Waals surface area contributed by atoms with Crippen LogP contribution in [0.15, 0.2) is 36.4 Å². The fourth-order valence-electron chi connectivity index (χ4n) is 2.59. The quantitative estimate of drug-likeness (QED) is 0.687. The first-order valence-corrected chi connectivity index (χ1v) is 8.44. The molecule has 0 amide bonds. The van der Waals surface area contributed by atoms with E-state index in [1.165, 1.54) is 0 Å². The molecular formula is C19H25ClN2O3. The monoisotopic (exact) mass is 364 g/mol. The largest absolute Gasteiger partial charge is 0.495 e. The van der Waals surface area contributed by atoms with Crippen LogP contribution in [-0.4, -0.2) is 47.6 Å². The van der Waals surface area contributed by atoms with Gasteiger partial charge < -0.3 is 24.8 Å². The molecule has 136 valence electrons. The summed E-state index contributed by atoms with van der Waals surface area (Å²) in [4.78, 5) is 2.21. The van der Waals surface area contributed by atoms with Crippen molar-refractivity contribution >= 4 is 23.0 Å². The molecule has 0 aromatic heterocycles. The molecule has 2 rings (SSSR count). The highest BCUT2D eigenvalue weighted by Gasteiger charge is 2.12. The molecule has 0 saturated carbocycles. The fourth-order valence-corrected chi connectivity index (χ4v) is 2.79. The second-order valence-corrected chi connectivity index (χ2v) is 6.00. The smallest absolute Gasteiger partial charge is 0.138 e. The number of benzene rings is 2. The minimum Gasteiger partial charge on any atom is -0.495 e. The van der Waals surface area contributed by atoms with Crippen molar-refractivity contribution in [2.24, 2.45) is 0 Å². The molecule has 0 heterocycles. The van der Waals surface area contributed by atoms with Crippen LogP contribution < -0.4 is 15.4 Å². The molecule has 0 spiro atoms. The first-order chi connectivity index (χ1) is 12.1. The Morgan fingerprint density at radius 3 is 2.24 bits per heavy atom. The molecule has 0 radical (unpaired) electrons. The van der Waals surface area contributed by atoms with Crippen molar-refractivity contribution in [2.75, 3.05) is 58.3 Å². The maximum absolute atomic E-state index is 6.21. The first kappa shape index (κ1) is 19.4. The summed E-state index contributed by atoms with van der Waals surface area (Å²) in [6.45, 7) is 2.82. The fraction of sp³-hybridized carbons (Fsp3) is 0.368. The molecule has 0 fully saturated rings. The summed E-state index contributed by atoms with van der Waals surface area (Å²) in [5, 5.41) is 0.572. The summed E-state index contributed by atoms with van der Waals surface area (Å²) < 4.78 is 15.7. The molecule has 25 heavy (non-hydrogen) atoms. The summed E-state index contributed by atoms with van der Waals surface area (Å²) in [6, 6.07) is 11.6. The highest BCUT2D eigenvalue weighted by molar-refractivity contribution is 6.32. The van der Waals surface area contributed by atoms with E-state index in [2.05, 4.69) is 11.0 Å². The van der Waals surface area contributed by atoms with Gasteiger partial charge in [-0.1, -0.05) is 17.7 Å². The van der Waals surface area contributed by atoms with Gasteiger partial charge in [0.05, 0.1) is 25.3 Å². The molecule has 0 unspecified atom stereocenters. The van der Waals surface area contributed by atoms with Crippen LogP contribution in [0.1, 0.15) is 0 Å². The SMILES string of the molecule is COCCN(CCOC)c1ccc(N)c(-c2ccc(Cl)c(OC)c2)c1. The number of nitrogen functional groups attached to an aromatic ring is 1. The van der Waals surface area contributed by atoms with E-state index in [0.29, 0.717) is 29.7 Å². The van der Waals surface area contributed by atoms with Gasteiger partial charge in [-0.2, -0.15) is 0 Å². The number of nitrogens with zero attached hydrogens (tertiary/aromatic N) is 1. The van der Waals surface area contributed by atoms with E-state index in [9.17, 15) is 0 Å². The number of hydrogen-bond donors (Lipinski definition) is 1. The van der Waals surface area contributed by atoms with Crippen LogP contribution in [-0.2, 0) is 9.47 Å². The van der Waals surface area contributed by atoms with Crippen LogP contribution in [0.3, 0.4) is 0 Å². The summed E-state index contributed by atoms with van der Waals surface area (Å²) in [5.41, 5.74) is 9.87. The van der Waals surface area contributed by atoms with Crippen molar-refractivity contribution < 1.29 is 14.2 Å². The predicted molar refractivity (Wildman–Crippen MR) is 104 cm³/mol. The highest BCUT2D eigenvalue weighted by Crippen LogP contribution is 2.35. The number of ether oxygens (including phenoxy) is 3. The molecule has 6 heteroatoms. The molecule has 0 aliphatic carbocycles. The third kappa shape index (κ3) is 5.01. The van der Waals surface area contributed by atoms with E-state index in [0.717, 1.165) is 29.9 Å². The third-order valence-corrected chi connectivity index (χ3v) is 4.31. The molecule has 2 aromatic rings. The van der Waals surface area contributed by atoms with E-state index in [4.69, 9.17) is 31.5 Å². The van der Waals surface area contributed by atoms with Crippen molar-refractivity contribution in [2.45, 2.75) is 0 Å². The zero-order valence-corrected chi connectivity index (χ0v) is 15.7. The summed E-state index contributed by atoms with van der Waals surface area (Å²) >= 11 is 6.13. The van der Waals surface area contributed by atoms with Crippen LogP contribution in [0.25, 0.3) is 11.1 Å². The Kier molecular flexibility index (Phi) is 7.37. The zero-order chi connectivity index (χ0) is 18.2.